The molecule has 0 fully saturated rings. The molecule has 0 saturated heterocycles. The van der Waals surface area contributed by atoms with Crippen LogP contribution >= 0.6 is 0 Å². The summed E-state index contributed by atoms with van der Waals surface area (Å²) >= 11 is 0. The summed E-state index contributed by atoms with van der Waals surface area (Å²) in [6.07, 6.45) is 1.29. The molecule has 0 radical (unpaired) electrons. The van der Waals surface area contributed by atoms with Gasteiger partial charge in [-0.3, -0.25) is 0 Å². The van der Waals surface area contributed by atoms with Gasteiger partial charge >= 0.3 is 0 Å². The summed E-state index contributed by atoms with van der Waals surface area (Å²) < 4.78 is 18.7. The van der Waals surface area contributed by atoms with E-state index in [-0.39, 0.29) is 5.82 Å². The van der Waals surface area contributed by atoms with Gasteiger partial charge in [0, 0.05) is 0 Å². The average molecular weight is 274 g/mol. The van der Waals surface area contributed by atoms with Crippen LogP contribution < -0.4 is 4.74 Å². The van der Waals surface area contributed by atoms with Crippen molar-refractivity contribution in [1.29, 1.82) is 0 Å². The van der Waals surface area contributed by atoms with Crippen LogP contribution in [0.25, 0.3) is 0 Å². The van der Waals surface area contributed by atoms with E-state index in [2.05, 4.69) is 6.92 Å². The summed E-state index contributed by atoms with van der Waals surface area (Å²) in [5, 5.41) is 10.2. The van der Waals surface area contributed by atoms with E-state index >= 15 is 0 Å². The van der Waals surface area contributed by atoms with Crippen molar-refractivity contribution in [3.05, 3.63) is 65.5 Å². The van der Waals surface area contributed by atoms with Crippen LogP contribution in [0.5, 0.6) is 5.75 Å². The monoisotopic (exact) mass is 274 g/mol. The molecule has 3 heteroatoms. The Morgan fingerprint density at radius 3 is 2.50 bits per heavy atom. The van der Waals surface area contributed by atoms with Crippen LogP contribution in [0.1, 0.15) is 37.0 Å². The predicted molar refractivity (Wildman–Crippen MR) is 77.3 cm³/mol. The maximum Gasteiger partial charge on any atom is 0.123 e. The second-order valence-electron chi connectivity index (χ2n) is 4.73. The summed E-state index contributed by atoms with van der Waals surface area (Å²) in [5.74, 6) is 0.440. The first-order valence-electron chi connectivity index (χ1n) is 6.87. The van der Waals surface area contributed by atoms with E-state index in [1.54, 1.807) is 24.3 Å². The average Bonchev–Trinajstić information content (AvgIpc) is 2.47. The molecule has 2 aromatic rings. The van der Waals surface area contributed by atoms with Gasteiger partial charge in [-0.1, -0.05) is 37.6 Å². The van der Waals surface area contributed by atoms with Crippen molar-refractivity contribution in [1.82, 2.24) is 0 Å². The topological polar surface area (TPSA) is 29.5 Å². The summed E-state index contributed by atoms with van der Waals surface area (Å²) in [5.41, 5.74) is 1.27. The third kappa shape index (κ3) is 3.81. The number of rotatable bonds is 6. The van der Waals surface area contributed by atoms with E-state index < -0.39 is 6.10 Å². The molecule has 0 aliphatic heterocycles. The lowest BCUT2D eigenvalue weighted by Crippen LogP contribution is -2.01. The molecule has 0 heterocycles. The third-order valence-corrected chi connectivity index (χ3v) is 3.13. The second-order valence-corrected chi connectivity index (χ2v) is 4.73. The Labute approximate surface area is 118 Å². The van der Waals surface area contributed by atoms with E-state index in [4.69, 9.17) is 4.74 Å². The van der Waals surface area contributed by atoms with Crippen LogP contribution in [-0.4, -0.2) is 11.7 Å². The maximum atomic E-state index is 13.1. The van der Waals surface area contributed by atoms with Crippen molar-refractivity contribution in [2.45, 2.75) is 25.9 Å². The number of aliphatic hydroxyl groups excluding tert-OH is 1. The largest absolute Gasteiger partial charge is 0.494 e. The van der Waals surface area contributed by atoms with Crippen LogP contribution in [0.4, 0.5) is 4.39 Å². The van der Waals surface area contributed by atoms with Crippen molar-refractivity contribution in [2.75, 3.05) is 6.61 Å². The molecule has 1 unspecified atom stereocenters. The van der Waals surface area contributed by atoms with Gasteiger partial charge in [0.15, 0.2) is 0 Å². The smallest absolute Gasteiger partial charge is 0.123 e. The van der Waals surface area contributed by atoms with E-state index in [9.17, 15) is 9.50 Å². The minimum absolute atomic E-state index is 0.346. The zero-order valence-electron chi connectivity index (χ0n) is 11.6. The molecule has 0 aromatic heterocycles. The van der Waals surface area contributed by atoms with Crippen LogP contribution in [0.3, 0.4) is 0 Å². The van der Waals surface area contributed by atoms with E-state index in [1.165, 1.54) is 12.1 Å². The number of hydrogen-bond donors (Lipinski definition) is 1. The molecule has 2 nitrogen and oxygen atoms in total. The molecular formula is C17H19FO2. The number of ether oxygens (including phenoxy) is 1. The molecule has 1 N–H and O–H groups in total. The van der Waals surface area contributed by atoms with E-state index in [1.807, 2.05) is 12.1 Å². The number of benzene rings is 2. The standard InChI is InChI=1S/C17H19FO2/c1-2-3-11-20-16-9-7-13(8-10-16)17(19)14-5-4-6-15(18)12-14/h4-10,12,17,19H,2-3,11H2,1H3. The Balaban J connectivity index is 2.05. The van der Waals surface area contributed by atoms with Crippen LogP contribution in [0, 0.1) is 5.82 Å². The first kappa shape index (κ1) is 14.5. The van der Waals surface area contributed by atoms with Gasteiger partial charge in [-0.2, -0.15) is 0 Å². The Hall–Kier alpha value is -1.87. The van der Waals surface area contributed by atoms with Crippen LogP contribution in [0.15, 0.2) is 48.5 Å². The third-order valence-electron chi connectivity index (χ3n) is 3.13. The highest BCUT2D eigenvalue weighted by Gasteiger charge is 2.11. The highest BCUT2D eigenvalue weighted by molar-refractivity contribution is 5.34. The fourth-order valence-corrected chi connectivity index (χ4v) is 1.95. The first-order chi connectivity index (χ1) is 9.70. The molecular weight excluding hydrogens is 255 g/mol. The molecule has 0 saturated carbocycles. The number of halogens is 1. The van der Waals surface area contributed by atoms with Gasteiger partial charge in [0.05, 0.1) is 6.61 Å². The number of aliphatic hydroxyl groups is 1. The fourth-order valence-electron chi connectivity index (χ4n) is 1.95. The summed E-state index contributed by atoms with van der Waals surface area (Å²) in [4.78, 5) is 0. The zero-order chi connectivity index (χ0) is 14.4. The molecule has 0 aliphatic rings. The summed E-state index contributed by atoms with van der Waals surface area (Å²) in [6, 6.07) is 13.3. The Morgan fingerprint density at radius 2 is 1.85 bits per heavy atom. The lowest BCUT2D eigenvalue weighted by molar-refractivity contribution is 0.219. The molecule has 0 amide bonds. The quantitative estimate of drug-likeness (QED) is 0.804. The van der Waals surface area contributed by atoms with Gasteiger partial charge in [0.25, 0.3) is 0 Å². The van der Waals surface area contributed by atoms with E-state index in [0.29, 0.717) is 12.2 Å². The van der Waals surface area contributed by atoms with Crippen molar-refractivity contribution in [2.24, 2.45) is 0 Å². The van der Waals surface area contributed by atoms with Crippen LogP contribution in [0.2, 0.25) is 0 Å². The highest BCUT2D eigenvalue weighted by Crippen LogP contribution is 2.24. The molecule has 1 atom stereocenters. The van der Waals surface area contributed by atoms with Crippen molar-refractivity contribution >= 4 is 0 Å². The molecule has 0 spiro atoms. The van der Waals surface area contributed by atoms with E-state index in [0.717, 1.165) is 24.2 Å². The van der Waals surface area contributed by atoms with Crippen molar-refractivity contribution in [3.63, 3.8) is 0 Å². The van der Waals surface area contributed by atoms with Gasteiger partial charge in [-0.05, 0) is 41.8 Å². The highest BCUT2D eigenvalue weighted by atomic mass is 19.1. The Kier molecular flexibility index (Phi) is 5.13. The van der Waals surface area contributed by atoms with Gasteiger partial charge in [-0.15, -0.1) is 0 Å². The normalized spacial score (nSPS) is 12.2. The molecule has 106 valence electrons. The molecule has 0 aliphatic carbocycles. The SMILES string of the molecule is CCCCOc1ccc(C(O)c2cccc(F)c2)cc1. The lowest BCUT2D eigenvalue weighted by Gasteiger charge is -2.12. The lowest BCUT2D eigenvalue weighted by atomic mass is 10.0. The minimum atomic E-state index is -0.824. The minimum Gasteiger partial charge on any atom is -0.494 e. The molecule has 20 heavy (non-hydrogen) atoms. The summed E-state index contributed by atoms with van der Waals surface area (Å²) in [6.45, 7) is 2.81. The van der Waals surface area contributed by atoms with Crippen LogP contribution in [-0.2, 0) is 0 Å². The van der Waals surface area contributed by atoms with Crippen molar-refractivity contribution < 1.29 is 14.2 Å². The first-order valence-corrected chi connectivity index (χ1v) is 6.87. The maximum absolute atomic E-state index is 13.1. The fraction of sp³-hybridized carbons (Fsp3) is 0.294. The van der Waals surface area contributed by atoms with Gasteiger partial charge in [-0.25, -0.2) is 4.39 Å². The van der Waals surface area contributed by atoms with Crippen molar-refractivity contribution in [3.8, 4) is 5.75 Å². The molecule has 2 aromatic carbocycles. The van der Waals surface area contributed by atoms with Gasteiger partial charge in [0.2, 0.25) is 0 Å². The number of unbranched alkanes of at least 4 members (excludes halogenated alkanes) is 1. The predicted octanol–water partition coefficient (Wildman–Crippen LogP) is 4.09. The molecule has 0 bridgehead atoms. The second kappa shape index (κ2) is 7.06. The Bertz CT molecular complexity index is 537. The zero-order valence-corrected chi connectivity index (χ0v) is 11.6. The Morgan fingerprint density at radius 1 is 1.10 bits per heavy atom. The number of hydrogen-bond acceptors (Lipinski definition) is 2. The summed E-state index contributed by atoms with van der Waals surface area (Å²) in [7, 11) is 0. The van der Waals surface area contributed by atoms with Gasteiger partial charge in [0.1, 0.15) is 17.7 Å². The molecule has 2 rings (SSSR count). The van der Waals surface area contributed by atoms with Gasteiger partial charge < -0.3 is 9.84 Å².